The van der Waals surface area contributed by atoms with E-state index in [1.807, 2.05) is 0 Å². The standard InChI is InChI=1S/C24H24FN5O5/c25-18-11-30(22(32)12-31)6-4-20(18)35-19-2-1-13(7-15(19)10-26)14-3-5-28-21(8-14)29-24(34)17-9-16(17)23(27)33/h1-3,5,7-8,16-18,20,31H,4,6,9,11-12H2,(H2,27,33)(H,28,29,34)/t16?,17?,18-,20+/m1/s1. The van der Waals surface area contributed by atoms with Crippen molar-refractivity contribution in [2.24, 2.45) is 17.6 Å². The van der Waals surface area contributed by atoms with Crippen LogP contribution in [0.5, 0.6) is 5.75 Å². The lowest BCUT2D eigenvalue weighted by Crippen LogP contribution is -2.50. The van der Waals surface area contributed by atoms with Crippen molar-refractivity contribution >= 4 is 23.5 Å². The fraction of sp³-hybridized carbons (Fsp3) is 0.375. The summed E-state index contributed by atoms with van der Waals surface area (Å²) >= 11 is 0. The van der Waals surface area contributed by atoms with Gasteiger partial charge in [-0.15, -0.1) is 0 Å². The van der Waals surface area contributed by atoms with Gasteiger partial charge in [0.2, 0.25) is 17.7 Å². The molecule has 0 bridgehead atoms. The van der Waals surface area contributed by atoms with Crippen molar-refractivity contribution in [3.05, 3.63) is 42.1 Å². The Bertz CT molecular complexity index is 1200. The number of aliphatic hydroxyl groups excluding tert-OH is 1. The van der Waals surface area contributed by atoms with E-state index in [4.69, 9.17) is 15.6 Å². The molecule has 1 aromatic heterocycles. The average Bonchev–Trinajstić information content (AvgIpc) is 3.67. The number of halogens is 1. The minimum absolute atomic E-state index is 0.184. The number of aromatic nitrogens is 1. The van der Waals surface area contributed by atoms with Gasteiger partial charge in [-0.3, -0.25) is 14.4 Å². The second-order valence-electron chi connectivity index (χ2n) is 8.55. The van der Waals surface area contributed by atoms with E-state index in [9.17, 15) is 24.0 Å². The molecule has 2 aliphatic rings. The highest BCUT2D eigenvalue weighted by Crippen LogP contribution is 2.39. The average molecular weight is 481 g/mol. The normalized spacial score (nSPS) is 23.2. The van der Waals surface area contributed by atoms with Gasteiger partial charge in [0.15, 0.2) is 6.17 Å². The SMILES string of the molecule is N#Cc1cc(-c2ccnc(NC(=O)C3CC3C(N)=O)c2)ccc1O[C@H]1CCN(C(=O)CO)C[C@H]1F. The molecule has 2 heterocycles. The number of hydrogen-bond acceptors (Lipinski definition) is 7. The molecule has 1 saturated carbocycles. The van der Waals surface area contributed by atoms with Crippen molar-refractivity contribution in [2.45, 2.75) is 25.1 Å². The summed E-state index contributed by atoms with van der Waals surface area (Å²) in [5.41, 5.74) is 6.78. The summed E-state index contributed by atoms with van der Waals surface area (Å²) in [5.74, 6) is -1.74. The Balaban J connectivity index is 1.45. The first-order valence-electron chi connectivity index (χ1n) is 11.1. The predicted octanol–water partition coefficient (Wildman–Crippen LogP) is 0.990. The highest BCUT2D eigenvalue weighted by Gasteiger charge is 2.47. The third-order valence-corrected chi connectivity index (χ3v) is 6.19. The number of nitrogens with zero attached hydrogens (tertiary/aromatic N) is 3. The minimum atomic E-state index is -1.46. The van der Waals surface area contributed by atoms with E-state index in [1.165, 1.54) is 11.1 Å². The Morgan fingerprint density at radius 3 is 2.69 bits per heavy atom. The van der Waals surface area contributed by atoms with Crippen molar-refractivity contribution in [2.75, 3.05) is 25.0 Å². The summed E-state index contributed by atoms with van der Waals surface area (Å²) < 4.78 is 20.4. The van der Waals surface area contributed by atoms with Crippen LogP contribution in [-0.4, -0.2) is 64.7 Å². The molecule has 1 aromatic carbocycles. The van der Waals surface area contributed by atoms with E-state index in [1.54, 1.807) is 30.3 Å². The Kier molecular flexibility index (Phi) is 6.93. The summed E-state index contributed by atoms with van der Waals surface area (Å²) in [5, 5.41) is 21.3. The van der Waals surface area contributed by atoms with Crippen LogP contribution < -0.4 is 15.8 Å². The Labute approximate surface area is 200 Å². The lowest BCUT2D eigenvalue weighted by Gasteiger charge is -2.34. The van der Waals surface area contributed by atoms with E-state index < -0.39 is 42.5 Å². The topological polar surface area (TPSA) is 159 Å². The number of primary amides is 1. The first kappa shape index (κ1) is 24.1. The first-order valence-corrected chi connectivity index (χ1v) is 11.1. The molecule has 2 fully saturated rings. The van der Waals surface area contributed by atoms with Crippen LogP contribution in [0.15, 0.2) is 36.5 Å². The Hall–Kier alpha value is -4.04. The molecule has 4 rings (SSSR count). The highest BCUT2D eigenvalue weighted by atomic mass is 19.1. The number of piperidine rings is 1. The Morgan fingerprint density at radius 2 is 2.03 bits per heavy atom. The molecule has 1 aliphatic heterocycles. The lowest BCUT2D eigenvalue weighted by molar-refractivity contribution is -0.138. The van der Waals surface area contributed by atoms with Crippen molar-refractivity contribution in [3.8, 4) is 22.9 Å². The molecule has 4 atom stereocenters. The first-order chi connectivity index (χ1) is 16.8. The monoisotopic (exact) mass is 481 g/mol. The van der Waals surface area contributed by atoms with Crippen molar-refractivity contribution < 1.29 is 28.6 Å². The molecule has 35 heavy (non-hydrogen) atoms. The zero-order valence-electron chi connectivity index (χ0n) is 18.7. The lowest BCUT2D eigenvalue weighted by atomic mass is 10.0. The summed E-state index contributed by atoms with van der Waals surface area (Å²) in [7, 11) is 0. The molecule has 1 saturated heterocycles. The van der Waals surface area contributed by atoms with E-state index in [0.717, 1.165) is 0 Å². The molecular formula is C24H24FN5O5. The number of nitrogens with two attached hydrogens (primary N) is 1. The molecule has 0 spiro atoms. The number of carbonyl (C=O) groups excluding carboxylic acids is 3. The molecule has 10 nitrogen and oxygen atoms in total. The molecule has 2 aromatic rings. The molecule has 11 heteroatoms. The van der Waals surface area contributed by atoms with Crippen LogP contribution in [0.25, 0.3) is 11.1 Å². The van der Waals surface area contributed by atoms with Gasteiger partial charge in [-0.05, 0) is 41.8 Å². The second-order valence-corrected chi connectivity index (χ2v) is 8.55. The van der Waals surface area contributed by atoms with Gasteiger partial charge in [0, 0.05) is 19.2 Å². The summed E-state index contributed by atoms with van der Waals surface area (Å²) in [6, 6.07) is 10.3. The molecule has 0 radical (unpaired) electrons. The number of aliphatic hydroxyl groups is 1. The van der Waals surface area contributed by atoms with E-state index in [2.05, 4.69) is 16.4 Å². The zero-order chi connectivity index (χ0) is 25.1. The summed E-state index contributed by atoms with van der Waals surface area (Å²) in [4.78, 5) is 40.5. The minimum Gasteiger partial charge on any atom is -0.486 e. The second kappa shape index (κ2) is 10.1. The van der Waals surface area contributed by atoms with E-state index in [0.29, 0.717) is 23.4 Å². The number of pyridine rings is 1. The summed E-state index contributed by atoms with van der Waals surface area (Å²) in [6.07, 6.45) is -0.133. The molecule has 3 amide bonds. The van der Waals surface area contributed by atoms with Crippen LogP contribution in [0.1, 0.15) is 18.4 Å². The fourth-order valence-corrected chi connectivity index (χ4v) is 4.10. The number of carbonyl (C=O) groups is 3. The number of ether oxygens (including phenoxy) is 1. The zero-order valence-corrected chi connectivity index (χ0v) is 18.7. The number of rotatable bonds is 7. The van der Waals surface area contributed by atoms with Crippen molar-refractivity contribution in [3.63, 3.8) is 0 Å². The van der Waals surface area contributed by atoms with Crippen molar-refractivity contribution in [1.82, 2.24) is 9.88 Å². The van der Waals surface area contributed by atoms with Gasteiger partial charge in [-0.2, -0.15) is 5.26 Å². The van der Waals surface area contributed by atoms with Gasteiger partial charge < -0.3 is 25.8 Å². The van der Waals surface area contributed by atoms with Crippen LogP contribution >= 0.6 is 0 Å². The maximum absolute atomic E-state index is 14.6. The molecule has 1 aliphatic carbocycles. The van der Waals surface area contributed by atoms with Gasteiger partial charge in [-0.1, -0.05) is 6.07 Å². The van der Waals surface area contributed by atoms with Gasteiger partial charge in [-0.25, -0.2) is 9.37 Å². The van der Waals surface area contributed by atoms with Crippen LogP contribution in [0.3, 0.4) is 0 Å². The van der Waals surface area contributed by atoms with Crippen LogP contribution in [0.2, 0.25) is 0 Å². The number of anilines is 1. The third-order valence-electron chi connectivity index (χ3n) is 6.19. The largest absolute Gasteiger partial charge is 0.486 e. The van der Waals surface area contributed by atoms with Crippen LogP contribution in [0, 0.1) is 23.2 Å². The number of benzene rings is 1. The van der Waals surface area contributed by atoms with E-state index in [-0.39, 0.29) is 36.7 Å². The maximum atomic E-state index is 14.6. The number of amides is 3. The molecular weight excluding hydrogens is 457 g/mol. The highest BCUT2D eigenvalue weighted by molar-refractivity contribution is 5.99. The van der Waals surface area contributed by atoms with Crippen LogP contribution in [0.4, 0.5) is 10.2 Å². The number of nitrogens with one attached hydrogen (secondary N) is 1. The molecule has 2 unspecified atom stereocenters. The Morgan fingerprint density at radius 1 is 1.26 bits per heavy atom. The molecule has 4 N–H and O–H groups in total. The smallest absolute Gasteiger partial charge is 0.248 e. The van der Waals surface area contributed by atoms with Gasteiger partial charge in [0.1, 0.15) is 30.3 Å². The number of likely N-dealkylation sites (tertiary alicyclic amines) is 1. The van der Waals surface area contributed by atoms with E-state index >= 15 is 0 Å². The number of hydrogen-bond donors (Lipinski definition) is 3. The van der Waals surface area contributed by atoms with Crippen molar-refractivity contribution in [1.29, 1.82) is 5.26 Å². The van der Waals surface area contributed by atoms with Gasteiger partial charge in [0.05, 0.1) is 23.9 Å². The van der Waals surface area contributed by atoms with Gasteiger partial charge in [0.25, 0.3) is 0 Å². The third kappa shape index (κ3) is 5.38. The molecule has 182 valence electrons. The number of nitriles is 1. The quantitative estimate of drug-likeness (QED) is 0.532. The number of alkyl halides is 1. The maximum Gasteiger partial charge on any atom is 0.248 e. The van der Waals surface area contributed by atoms with Gasteiger partial charge >= 0.3 is 0 Å². The predicted molar refractivity (Wildman–Crippen MR) is 121 cm³/mol. The fourth-order valence-electron chi connectivity index (χ4n) is 4.10. The summed E-state index contributed by atoms with van der Waals surface area (Å²) in [6.45, 7) is -0.610. The van der Waals surface area contributed by atoms with Crippen LogP contribution in [-0.2, 0) is 14.4 Å².